The van der Waals surface area contributed by atoms with Crippen LogP contribution >= 0.6 is 0 Å². The van der Waals surface area contributed by atoms with Crippen molar-refractivity contribution in [3.63, 3.8) is 0 Å². The second-order valence-corrected chi connectivity index (χ2v) is 6.50. The minimum atomic E-state index is 1.13. The molecule has 0 N–H and O–H groups in total. The van der Waals surface area contributed by atoms with Gasteiger partial charge in [-0.05, 0) is 37.8 Å². The van der Waals surface area contributed by atoms with E-state index in [1.54, 1.807) is 0 Å². The Morgan fingerprint density at radius 2 is 1.52 bits per heavy atom. The topological polar surface area (TPSA) is 8.81 Å². The number of benzene rings is 1. The fourth-order valence-electron chi connectivity index (χ4n) is 3.16. The standard InChI is InChI=1S/C21H33N2/c1-3-5-7-8-13-17-23-19-18-22(16-12-6-4-2)21(23)20-14-10-9-11-15-20/h9-11,14-15,18-19H,3-8,12-13,16-17H2,1-2H3/q+1. The third kappa shape index (κ3) is 5.53. The first kappa shape index (κ1) is 17.8. The highest BCUT2D eigenvalue weighted by molar-refractivity contribution is 5.52. The lowest BCUT2D eigenvalue weighted by Crippen LogP contribution is -2.34. The van der Waals surface area contributed by atoms with Gasteiger partial charge in [-0.3, -0.25) is 0 Å². The van der Waals surface area contributed by atoms with Crippen LogP contribution in [0.4, 0.5) is 0 Å². The number of hydrogen-bond donors (Lipinski definition) is 0. The van der Waals surface area contributed by atoms with Crippen molar-refractivity contribution in [2.45, 2.75) is 78.3 Å². The summed E-state index contributed by atoms with van der Waals surface area (Å²) < 4.78 is 4.89. The molecule has 1 aromatic carbocycles. The Labute approximate surface area is 142 Å². The van der Waals surface area contributed by atoms with Crippen LogP contribution in [0.5, 0.6) is 0 Å². The van der Waals surface area contributed by atoms with Gasteiger partial charge in [0.2, 0.25) is 0 Å². The highest BCUT2D eigenvalue weighted by Crippen LogP contribution is 2.17. The molecule has 0 fully saturated rings. The van der Waals surface area contributed by atoms with Crippen LogP contribution in [0, 0.1) is 0 Å². The summed E-state index contributed by atoms with van der Waals surface area (Å²) in [6.07, 6.45) is 15.1. The molecule has 0 aliphatic rings. The van der Waals surface area contributed by atoms with Crippen molar-refractivity contribution in [2.24, 2.45) is 0 Å². The smallest absolute Gasteiger partial charge is 0.230 e. The van der Waals surface area contributed by atoms with E-state index in [2.05, 4.69) is 65.7 Å². The van der Waals surface area contributed by atoms with Gasteiger partial charge < -0.3 is 0 Å². The molecule has 0 spiro atoms. The lowest BCUT2D eigenvalue weighted by molar-refractivity contribution is -0.686. The summed E-state index contributed by atoms with van der Waals surface area (Å²) in [6, 6.07) is 10.9. The van der Waals surface area contributed by atoms with Gasteiger partial charge in [0.05, 0.1) is 18.7 Å². The van der Waals surface area contributed by atoms with Gasteiger partial charge >= 0.3 is 0 Å². The average molecular weight is 314 g/mol. The maximum Gasteiger partial charge on any atom is 0.288 e. The van der Waals surface area contributed by atoms with Gasteiger partial charge in [-0.15, -0.1) is 0 Å². The van der Waals surface area contributed by atoms with E-state index in [4.69, 9.17) is 0 Å². The van der Waals surface area contributed by atoms with Crippen LogP contribution in [0.15, 0.2) is 42.7 Å². The summed E-state index contributed by atoms with van der Waals surface area (Å²) in [5.74, 6) is 1.37. The maximum absolute atomic E-state index is 2.45. The summed E-state index contributed by atoms with van der Waals surface area (Å²) in [5, 5.41) is 0. The van der Waals surface area contributed by atoms with Crippen molar-refractivity contribution in [1.82, 2.24) is 4.57 Å². The number of nitrogens with zero attached hydrogens (tertiary/aromatic N) is 2. The van der Waals surface area contributed by atoms with Gasteiger partial charge in [0, 0.05) is 0 Å². The van der Waals surface area contributed by atoms with E-state index in [1.807, 2.05) is 0 Å². The normalized spacial score (nSPS) is 11.0. The van der Waals surface area contributed by atoms with Gasteiger partial charge in [-0.2, -0.15) is 0 Å². The van der Waals surface area contributed by atoms with Crippen molar-refractivity contribution in [2.75, 3.05) is 0 Å². The third-order valence-corrected chi connectivity index (χ3v) is 4.51. The quantitative estimate of drug-likeness (QED) is 0.377. The van der Waals surface area contributed by atoms with Crippen molar-refractivity contribution >= 4 is 0 Å². The largest absolute Gasteiger partial charge is 0.288 e. The molecule has 2 heteroatoms. The van der Waals surface area contributed by atoms with Crippen LogP contribution in [0.2, 0.25) is 0 Å². The van der Waals surface area contributed by atoms with E-state index >= 15 is 0 Å². The zero-order valence-corrected chi connectivity index (χ0v) is 15.0. The van der Waals surface area contributed by atoms with Crippen LogP contribution in [0.3, 0.4) is 0 Å². The van der Waals surface area contributed by atoms with Crippen molar-refractivity contribution in [3.05, 3.63) is 42.7 Å². The van der Waals surface area contributed by atoms with E-state index in [0.717, 1.165) is 13.1 Å². The van der Waals surface area contributed by atoms with Crippen LogP contribution in [0.1, 0.15) is 65.2 Å². The van der Waals surface area contributed by atoms with Crippen LogP contribution < -0.4 is 4.57 Å². The van der Waals surface area contributed by atoms with Gasteiger partial charge in [0.1, 0.15) is 12.4 Å². The lowest BCUT2D eigenvalue weighted by atomic mass is 10.1. The van der Waals surface area contributed by atoms with E-state index in [1.165, 1.54) is 62.8 Å². The molecule has 0 aliphatic carbocycles. The summed E-state index contributed by atoms with van der Waals surface area (Å²) in [5.41, 5.74) is 1.34. The van der Waals surface area contributed by atoms with Gasteiger partial charge in [0.25, 0.3) is 5.82 Å². The summed E-state index contributed by atoms with van der Waals surface area (Å²) >= 11 is 0. The Hall–Kier alpha value is -1.57. The highest BCUT2D eigenvalue weighted by Gasteiger charge is 2.18. The fourth-order valence-corrected chi connectivity index (χ4v) is 3.16. The molecule has 2 rings (SSSR count). The molecule has 0 aliphatic heterocycles. The molecule has 0 amide bonds. The van der Waals surface area contributed by atoms with Gasteiger partial charge in [0.15, 0.2) is 0 Å². The summed E-state index contributed by atoms with van der Waals surface area (Å²) in [7, 11) is 0. The molecule has 0 radical (unpaired) electrons. The molecule has 0 atom stereocenters. The molecule has 0 unspecified atom stereocenters. The highest BCUT2D eigenvalue weighted by atomic mass is 15.1. The molecule has 0 bridgehead atoms. The van der Waals surface area contributed by atoms with E-state index in [-0.39, 0.29) is 0 Å². The summed E-state index contributed by atoms with van der Waals surface area (Å²) in [4.78, 5) is 0. The van der Waals surface area contributed by atoms with Crippen molar-refractivity contribution in [1.29, 1.82) is 0 Å². The Kier molecular flexibility index (Phi) is 7.92. The number of unbranched alkanes of at least 4 members (excludes halogenated alkanes) is 6. The molecular weight excluding hydrogens is 280 g/mol. The Bertz CT molecular complexity index is 542. The number of aryl methyl sites for hydroxylation is 2. The molecule has 2 aromatic rings. The van der Waals surface area contributed by atoms with E-state index < -0.39 is 0 Å². The third-order valence-electron chi connectivity index (χ3n) is 4.51. The predicted octanol–water partition coefficient (Wildman–Crippen LogP) is 5.60. The Morgan fingerprint density at radius 1 is 0.826 bits per heavy atom. The Morgan fingerprint density at radius 3 is 2.26 bits per heavy atom. The number of hydrogen-bond acceptors (Lipinski definition) is 0. The second-order valence-electron chi connectivity index (χ2n) is 6.50. The maximum atomic E-state index is 2.45. The number of rotatable bonds is 11. The zero-order valence-electron chi connectivity index (χ0n) is 15.0. The lowest BCUT2D eigenvalue weighted by Gasteiger charge is -2.06. The average Bonchev–Trinajstić information content (AvgIpc) is 2.98. The van der Waals surface area contributed by atoms with Crippen molar-refractivity contribution in [3.8, 4) is 11.4 Å². The van der Waals surface area contributed by atoms with Crippen LogP contribution in [-0.4, -0.2) is 4.57 Å². The van der Waals surface area contributed by atoms with Crippen LogP contribution in [-0.2, 0) is 13.1 Å². The number of imidazole rings is 1. The minimum absolute atomic E-state index is 1.13. The Balaban J connectivity index is 2.08. The first-order chi connectivity index (χ1) is 11.4. The molecule has 1 aromatic heterocycles. The molecule has 126 valence electrons. The first-order valence-electron chi connectivity index (χ1n) is 9.50. The van der Waals surface area contributed by atoms with E-state index in [0.29, 0.717) is 0 Å². The SMILES string of the molecule is CCCCCCCn1cc[n+](CCCCC)c1-c1ccccc1. The van der Waals surface area contributed by atoms with Gasteiger partial charge in [-0.1, -0.05) is 57.7 Å². The molecule has 0 saturated heterocycles. The molecule has 0 saturated carbocycles. The van der Waals surface area contributed by atoms with Crippen molar-refractivity contribution < 1.29 is 4.57 Å². The minimum Gasteiger partial charge on any atom is -0.230 e. The van der Waals surface area contributed by atoms with Crippen LogP contribution in [0.25, 0.3) is 11.4 Å². The number of aromatic nitrogens is 2. The molecule has 23 heavy (non-hydrogen) atoms. The first-order valence-corrected chi connectivity index (χ1v) is 9.50. The summed E-state index contributed by atoms with van der Waals surface area (Å²) in [6.45, 7) is 6.80. The molecule has 2 nitrogen and oxygen atoms in total. The fraction of sp³-hybridized carbons (Fsp3) is 0.571. The second kappa shape index (κ2) is 10.3. The van der Waals surface area contributed by atoms with Gasteiger partial charge in [-0.25, -0.2) is 9.13 Å². The monoisotopic (exact) mass is 313 g/mol. The molecular formula is C21H33N2+. The predicted molar refractivity (Wildman–Crippen MR) is 98.3 cm³/mol. The molecule has 1 heterocycles. The zero-order chi connectivity index (χ0) is 16.3. The van der Waals surface area contributed by atoms with E-state index in [9.17, 15) is 0 Å².